The van der Waals surface area contributed by atoms with Crippen molar-refractivity contribution in [1.82, 2.24) is 0 Å². The number of hydrogen-bond donors (Lipinski definition) is 0. The number of allylic oxidation sites excluding steroid dienone is 1. The molecular weight excluding hydrogens is 262 g/mol. The van der Waals surface area contributed by atoms with Crippen LogP contribution in [-0.2, 0) is 0 Å². The molecule has 0 saturated carbocycles. The van der Waals surface area contributed by atoms with E-state index >= 15 is 0 Å². The molecule has 0 fully saturated rings. The average molecular weight is 279 g/mol. The third-order valence-corrected chi connectivity index (χ3v) is 4.19. The van der Waals surface area contributed by atoms with Crippen LogP contribution in [0.1, 0.15) is 24.5 Å². The topological polar surface area (TPSA) is 12.4 Å². The van der Waals surface area contributed by atoms with Crippen molar-refractivity contribution in [1.29, 1.82) is 0 Å². The summed E-state index contributed by atoms with van der Waals surface area (Å²) in [6, 6.07) is 21.1. The molecule has 1 aliphatic rings. The molecular formula is C18H17NS. The lowest BCUT2D eigenvalue weighted by atomic mass is 9.99. The fourth-order valence-electron chi connectivity index (χ4n) is 2.43. The van der Waals surface area contributed by atoms with E-state index in [1.54, 1.807) is 0 Å². The normalized spacial score (nSPS) is 14.6. The molecule has 2 heteroatoms. The first kappa shape index (κ1) is 13.2. The second kappa shape index (κ2) is 6.10. The lowest BCUT2D eigenvalue weighted by Gasteiger charge is -2.06. The minimum absolute atomic E-state index is 0.951. The molecule has 0 aromatic heterocycles. The Morgan fingerprint density at radius 2 is 1.50 bits per heavy atom. The van der Waals surface area contributed by atoms with Crippen LogP contribution in [0.25, 0.3) is 11.3 Å². The van der Waals surface area contributed by atoms with E-state index < -0.39 is 0 Å². The van der Waals surface area contributed by atoms with Crippen molar-refractivity contribution in [3.63, 3.8) is 0 Å². The Bertz CT molecular complexity index is 642. The van der Waals surface area contributed by atoms with Crippen LogP contribution in [0.4, 0.5) is 0 Å². The van der Waals surface area contributed by atoms with Crippen LogP contribution in [0, 0.1) is 0 Å². The minimum atomic E-state index is 0.951. The van der Waals surface area contributed by atoms with Gasteiger partial charge in [-0.25, -0.2) is 4.99 Å². The maximum Gasteiger partial charge on any atom is 0.0783 e. The molecule has 20 heavy (non-hydrogen) atoms. The number of rotatable bonds is 3. The maximum absolute atomic E-state index is 4.87. The zero-order valence-corrected chi connectivity index (χ0v) is 12.4. The third kappa shape index (κ3) is 2.70. The lowest BCUT2D eigenvalue weighted by Crippen LogP contribution is -1.90. The van der Waals surface area contributed by atoms with Crippen LogP contribution in [0.15, 0.2) is 65.7 Å². The number of thioether (sulfide) groups is 1. The van der Waals surface area contributed by atoms with Gasteiger partial charge in [0.25, 0.3) is 0 Å². The summed E-state index contributed by atoms with van der Waals surface area (Å²) in [6.07, 6.45) is 0.951. The summed E-state index contributed by atoms with van der Waals surface area (Å²) in [4.78, 5) is 4.87. The molecule has 0 saturated heterocycles. The fraction of sp³-hybridized carbons (Fsp3) is 0.167. The van der Waals surface area contributed by atoms with Gasteiger partial charge in [0.1, 0.15) is 0 Å². The van der Waals surface area contributed by atoms with E-state index in [1.165, 1.54) is 21.7 Å². The molecule has 100 valence electrons. The summed E-state index contributed by atoms with van der Waals surface area (Å²) in [5.41, 5.74) is 4.96. The average Bonchev–Trinajstić information content (AvgIpc) is 2.93. The summed E-state index contributed by atoms with van der Waals surface area (Å²) in [5.74, 6) is 1.07. The number of hydrogen-bond acceptors (Lipinski definition) is 2. The molecule has 3 rings (SSSR count). The van der Waals surface area contributed by atoms with Gasteiger partial charge in [-0.1, -0.05) is 67.6 Å². The molecule has 2 aromatic carbocycles. The van der Waals surface area contributed by atoms with Gasteiger partial charge in [-0.2, -0.15) is 0 Å². The Hall–Kier alpha value is -1.80. The van der Waals surface area contributed by atoms with E-state index in [2.05, 4.69) is 61.5 Å². The van der Waals surface area contributed by atoms with Gasteiger partial charge in [0.15, 0.2) is 0 Å². The first-order valence-electron chi connectivity index (χ1n) is 6.93. The van der Waals surface area contributed by atoms with Crippen LogP contribution in [0.2, 0.25) is 0 Å². The molecule has 1 aliphatic heterocycles. The van der Waals surface area contributed by atoms with Crippen molar-refractivity contribution in [2.45, 2.75) is 13.3 Å². The lowest BCUT2D eigenvalue weighted by molar-refractivity contribution is 1.50. The fourth-order valence-corrected chi connectivity index (χ4v) is 3.16. The van der Waals surface area contributed by atoms with E-state index in [4.69, 9.17) is 4.99 Å². The van der Waals surface area contributed by atoms with E-state index in [0.717, 1.165) is 17.9 Å². The second-order valence-electron chi connectivity index (χ2n) is 4.67. The molecule has 0 spiro atoms. The van der Waals surface area contributed by atoms with E-state index in [9.17, 15) is 0 Å². The van der Waals surface area contributed by atoms with Gasteiger partial charge in [-0.3, -0.25) is 0 Å². The largest absolute Gasteiger partial charge is 0.245 e. The van der Waals surface area contributed by atoms with Crippen molar-refractivity contribution >= 4 is 28.1 Å². The highest BCUT2D eigenvalue weighted by molar-refractivity contribution is 8.14. The Morgan fingerprint density at radius 3 is 2.10 bits per heavy atom. The first-order chi connectivity index (χ1) is 9.88. The van der Waals surface area contributed by atoms with E-state index in [-0.39, 0.29) is 0 Å². The Labute approximate surface area is 124 Å². The molecule has 1 nitrogen and oxygen atoms in total. The monoisotopic (exact) mass is 279 g/mol. The minimum Gasteiger partial charge on any atom is -0.245 e. The zero-order chi connectivity index (χ0) is 13.8. The maximum atomic E-state index is 4.87. The number of benzene rings is 2. The third-order valence-electron chi connectivity index (χ3n) is 3.33. The molecule has 0 N–H and O–H groups in total. The Balaban J connectivity index is 2.05. The summed E-state index contributed by atoms with van der Waals surface area (Å²) >= 11 is 1.84. The first-order valence-corrected chi connectivity index (χ1v) is 7.91. The molecule has 0 unspecified atom stereocenters. The highest BCUT2D eigenvalue weighted by Crippen LogP contribution is 2.37. The quantitative estimate of drug-likeness (QED) is 0.760. The SMILES string of the molecule is CCSC1=NC(c2ccccc2)=C(c2ccccc2)C1. The van der Waals surface area contributed by atoms with Crippen LogP contribution >= 0.6 is 11.8 Å². The molecule has 0 amide bonds. The standard InChI is InChI=1S/C18H17NS/c1-2-20-17-13-16(14-9-5-3-6-10-14)18(19-17)15-11-7-4-8-12-15/h3-12H,2,13H2,1H3. The van der Waals surface area contributed by atoms with Gasteiger partial charge in [0.2, 0.25) is 0 Å². The highest BCUT2D eigenvalue weighted by Gasteiger charge is 2.20. The molecule has 1 heterocycles. The van der Waals surface area contributed by atoms with Gasteiger partial charge in [0, 0.05) is 12.0 Å². The van der Waals surface area contributed by atoms with Crippen LogP contribution in [0.3, 0.4) is 0 Å². The van der Waals surface area contributed by atoms with E-state index in [0.29, 0.717) is 0 Å². The zero-order valence-electron chi connectivity index (χ0n) is 11.5. The van der Waals surface area contributed by atoms with Crippen LogP contribution < -0.4 is 0 Å². The van der Waals surface area contributed by atoms with Crippen LogP contribution in [-0.4, -0.2) is 10.8 Å². The summed E-state index contributed by atoms with van der Waals surface area (Å²) in [5, 5.41) is 1.23. The van der Waals surface area contributed by atoms with Crippen molar-refractivity contribution in [3.8, 4) is 0 Å². The number of aliphatic imine (C=N–C) groups is 1. The summed E-state index contributed by atoms with van der Waals surface area (Å²) < 4.78 is 0. The molecule has 0 atom stereocenters. The smallest absolute Gasteiger partial charge is 0.0783 e. The van der Waals surface area contributed by atoms with Gasteiger partial charge < -0.3 is 0 Å². The van der Waals surface area contributed by atoms with Gasteiger partial charge >= 0.3 is 0 Å². The molecule has 0 bridgehead atoms. The summed E-state index contributed by atoms with van der Waals surface area (Å²) in [6.45, 7) is 2.18. The predicted octanol–water partition coefficient (Wildman–Crippen LogP) is 5.11. The van der Waals surface area contributed by atoms with Crippen molar-refractivity contribution in [3.05, 3.63) is 71.8 Å². The predicted molar refractivity (Wildman–Crippen MR) is 89.9 cm³/mol. The summed E-state index contributed by atoms with van der Waals surface area (Å²) in [7, 11) is 0. The molecule has 0 aliphatic carbocycles. The Kier molecular flexibility index (Phi) is 4.03. The van der Waals surface area contributed by atoms with Gasteiger partial charge in [0.05, 0.1) is 10.7 Å². The van der Waals surface area contributed by atoms with E-state index in [1.807, 2.05) is 17.8 Å². The second-order valence-corrected chi connectivity index (χ2v) is 6.01. The van der Waals surface area contributed by atoms with Crippen molar-refractivity contribution in [2.75, 3.05) is 5.75 Å². The molecule has 2 aromatic rings. The Morgan fingerprint density at radius 1 is 0.900 bits per heavy atom. The van der Waals surface area contributed by atoms with Crippen molar-refractivity contribution in [2.24, 2.45) is 4.99 Å². The van der Waals surface area contributed by atoms with Crippen LogP contribution in [0.5, 0.6) is 0 Å². The highest BCUT2D eigenvalue weighted by atomic mass is 32.2. The molecule has 0 radical (unpaired) electrons. The van der Waals surface area contributed by atoms with Crippen molar-refractivity contribution < 1.29 is 0 Å². The van der Waals surface area contributed by atoms with Gasteiger partial charge in [-0.15, -0.1) is 11.8 Å². The number of nitrogens with zero attached hydrogens (tertiary/aromatic N) is 1. The van der Waals surface area contributed by atoms with Gasteiger partial charge in [-0.05, 0) is 16.9 Å².